The van der Waals surface area contributed by atoms with Gasteiger partial charge in [0.25, 0.3) is 0 Å². The van der Waals surface area contributed by atoms with Crippen molar-refractivity contribution in [2.75, 3.05) is 4.90 Å². The van der Waals surface area contributed by atoms with Gasteiger partial charge in [0.15, 0.2) is 0 Å². The Morgan fingerprint density at radius 3 is 1.32 bits per heavy atom. The fourth-order valence-electron chi connectivity index (χ4n) is 9.41. The molecule has 1 heteroatoms. The molecule has 1 spiro atoms. The second kappa shape index (κ2) is 10.3. The van der Waals surface area contributed by atoms with Crippen molar-refractivity contribution in [3.05, 3.63) is 210 Å². The fraction of sp³-hybridized carbons (Fsp3) is 0.0204. The van der Waals surface area contributed by atoms with E-state index in [0.717, 1.165) is 11.4 Å². The summed E-state index contributed by atoms with van der Waals surface area (Å²) in [5.74, 6) is 0. The third-order valence-corrected chi connectivity index (χ3v) is 11.2. The standard InChI is InChI=1S/C49H31N/c1-3-17-32(18-4-1)50(33-19-5-2-6-20-33)45-31-44-46(40-27-11-9-25-38(40)45)47-39-26-10-7-21-34(39)35-22-8-12-28-41(35)48(47)49(44)42-29-15-13-23-36(42)37-24-14-16-30-43(37)49/h1-31H. The molecule has 2 aliphatic carbocycles. The van der Waals surface area contributed by atoms with Crippen LogP contribution < -0.4 is 4.90 Å². The molecule has 0 N–H and O–H groups in total. The monoisotopic (exact) mass is 633 g/mol. The van der Waals surface area contributed by atoms with Gasteiger partial charge >= 0.3 is 0 Å². The maximum absolute atomic E-state index is 2.54. The second-order valence-electron chi connectivity index (χ2n) is 13.6. The Kier molecular flexibility index (Phi) is 5.66. The van der Waals surface area contributed by atoms with Crippen LogP contribution in [0.4, 0.5) is 17.1 Å². The molecule has 0 aliphatic heterocycles. The van der Waals surface area contributed by atoms with E-state index >= 15 is 0 Å². The SMILES string of the molecule is c1ccc(N(c2ccccc2)c2cc3c(c4ccccc24)-c2c(c4ccccc4c4ccccc24)C32c3ccccc3-c3ccccc32)cc1. The lowest BCUT2D eigenvalue weighted by Gasteiger charge is -2.33. The van der Waals surface area contributed by atoms with E-state index < -0.39 is 5.41 Å². The molecule has 0 radical (unpaired) electrons. The summed E-state index contributed by atoms with van der Waals surface area (Å²) in [4.78, 5) is 2.45. The molecule has 2 aliphatic rings. The zero-order valence-corrected chi connectivity index (χ0v) is 27.3. The summed E-state index contributed by atoms with van der Waals surface area (Å²) in [5, 5.41) is 7.74. The van der Waals surface area contributed by atoms with E-state index in [0.29, 0.717) is 0 Å². The van der Waals surface area contributed by atoms with E-state index in [-0.39, 0.29) is 0 Å². The van der Waals surface area contributed by atoms with Crippen molar-refractivity contribution >= 4 is 49.4 Å². The van der Waals surface area contributed by atoms with Gasteiger partial charge in [0.2, 0.25) is 0 Å². The van der Waals surface area contributed by atoms with Crippen LogP contribution in [0.2, 0.25) is 0 Å². The summed E-state index contributed by atoms with van der Waals surface area (Å²) in [7, 11) is 0. The number of rotatable bonds is 3. The molecule has 0 fully saturated rings. The van der Waals surface area contributed by atoms with Crippen molar-refractivity contribution < 1.29 is 0 Å². The first kappa shape index (κ1) is 27.5. The van der Waals surface area contributed by atoms with Gasteiger partial charge in [-0.15, -0.1) is 0 Å². The van der Waals surface area contributed by atoms with E-state index in [4.69, 9.17) is 0 Å². The molecule has 11 rings (SSSR count). The molecule has 0 amide bonds. The van der Waals surface area contributed by atoms with Crippen molar-refractivity contribution in [1.82, 2.24) is 0 Å². The van der Waals surface area contributed by atoms with E-state index in [1.54, 1.807) is 0 Å². The third kappa shape index (κ3) is 3.46. The maximum Gasteiger partial charge on any atom is 0.0732 e. The molecule has 1 nitrogen and oxygen atoms in total. The lowest BCUT2D eigenvalue weighted by Crippen LogP contribution is -2.26. The predicted molar refractivity (Wildman–Crippen MR) is 210 cm³/mol. The number of hydrogen-bond donors (Lipinski definition) is 0. The highest BCUT2D eigenvalue weighted by atomic mass is 15.1. The number of anilines is 3. The van der Waals surface area contributed by atoms with E-state index in [1.807, 2.05) is 0 Å². The first-order valence-electron chi connectivity index (χ1n) is 17.5. The van der Waals surface area contributed by atoms with Crippen LogP contribution in [0.3, 0.4) is 0 Å². The van der Waals surface area contributed by atoms with Gasteiger partial charge in [-0.2, -0.15) is 0 Å². The van der Waals surface area contributed by atoms with Gasteiger partial charge in [0.05, 0.1) is 11.1 Å². The van der Waals surface area contributed by atoms with Gasteiger partial charge in [-0.3, -0.25) is 0 Å². The molecule has 0 unspecified atom stereocenters. The maximum atomic E-state index is 2.54. The molecule has 0 heterocycles. The molecule has 0 saturated heterocycles. The predicted octanol–water partition coefficient (Wildman–Crippen LogP) is 13.0. The van der Waals surface area contributed by atoms with Crippen LogP contribution in [-0.2, 0) is 5.41 Å². The Balaban J connectivity index is 1.40. The average molecular weight is 634 g/mol. The van der Waals surface area contributed by atoms with Crippen LogP contribution >= 0.6 is 0 Å². The number of benzene rings is 9. The van der Waals surface area contributed by atoms with Crippen LogP contribution in [0.25, 0.3) is 54.6 Å². The fourth-order valence-corrected chi connectivity index (χ4v) is 9.41. The molecular weight excluding hydrogens is 603 g/mol. The normalized spacial score (nSPS) is 13.4. The van der Waals surface area contributed by atoms with Gasteiger partial charge in [-0.1, -0.05) is 158 Å². The molecule has 0 atom stereocenters. The summed E-state index contributed by atoms with van der Waals surface area (Å²) in [5.41, 5.74) is 13.7. The Bertz CT molecular complexity index is 2730. The van der Waals surface area contributed by atoms with Crippen LogP contribution in [-0.4, -0.2) is 0 Å². The van der Waals surface area contributed by atoms with Gasteiger partial charge < -0.3 is 4.90 Å². The first-order valence-corrected chi connectivity index (χ1v) is 17.5. The lowest BCUT2D eigenvalue weighted by molar-refractivity contribution is 0.802. The van der Waals surface area contributed by atoms with Crippen LogP contribution in [0, 0.1) is 0 Å². The first-order chi connectivity index (χ1) is 24.9. The van der Waals surface area contributed by atoms with Crippen LogP contribution in [0.5, 0.6) is 0 Å². The highest BCUT2D eigenvalue weighted by Crippen LogP contribution is 2.67. The van der Waals surface area contributed by atoms with Gasteiger partial charge in [-0.05, 0) is 102 Å². The number of hydrogen-bond acceptors (Lipinski definition) is 1. The lowest BCUT2D eigenvalue weighted by atomic mass is 9.69. The number of fused-ring (bicyclic) bond motifs is 17. The van der Waals surface area contributed by atoms with Gasteiger partial charge in [-0.25, -0.2) is 0 Å². The highest BCUT2D eigenvalue weighted by Gasteiger charge is 2.53. The smallest absolute Gasteiger partial charge is 0.0732 e. The Labute approximate surface area is 291 Å². The Hall–Kier alpha value is -6.44. The quantitative estimate of drug-likeness (QED) is 0.175. The molecule has 9 aromatic carbocycles. The van der Waals surface area contributed by atoms with Crippen molar-refractivity contribution in [1.29, 1.82) is 0 Å². The zero-order valence-electron chi connectivity index (χ0n) is 27.3. The van der Waals surface area contributed by atoms with Crippen LogP contribution in [0.1, 0.15) is 22.3 Å². The average Bonchev–Trinajstić information content (AvgIpc) is 3.67. The van der Waals surface area contributed by atoms with Crippen molar-refractivity contribution in [3.63, 3.8) is 0 Å². The number of nitrogens with zero attached hydrogens (tertiary/aromatic N) is 1. The summed E-state index contributed by atoms with van der Waals surface area (Å²) in [6.07, 6.45) is 0. The van der Waals surface area contributed by atoms with E-state index in [2.05, 4.69) is 193 Å². The molecule has 0 bridgehead atoms. The molecular formula is C49H31N. The van der Waals surface area contributed by atoms with E-state index in [1.165, 1.54) is 82.5 Å². The minimum Gasteiger partial charge on any atom is -0.310 e. The summed E-state index contributed by atoms with van der Waals surface area (Å²) < 4.78 is 0. The van der Waals surface area contributed by atoms with Gasteiger partial charge in [0, 0.05) is 16.8 Å². The summed E-state index contributed by atoms with van der Waals surface area (Å²) in [6, 6.07) is 69.7. The molecule has 50 heavy (non-hydrogen) atoms. The van der Waals surface area contributed by atoms with E-state index in [9.17, 15) is 0 Å². The highest BCUT2D eigenvalue weighted by molar-refractivity contribution is 6.24. The molecule has 9 aromatic rings. The van der Waals surface area contributed by atoms with Crippen molar-refractivity contribution in [2.24, 2.45) is 0 Å². The Morgan fingerprint density at radius 2 is 0.740 bits per heavy atom. The minimum absolute atomic E-state index is 0.515. The largest absolute Gasteiger partial charge is 0.310 e. The topological polar surface area (TPSA) is 3.24 Å². The van der Waals surface area contributed by atoms with Crippen molar-refractivity contribution in [3.8, 4) is 22.3 Å². The molecule has 232 valence electrons. The van der Waals surface area contributed by atoms with Crippen LogP contribution in [0.15, 0.2) is 188 Å². The summed E-state index contributed by atoms with van der Waals surface area (Å²) >= 11 is 0. The van der Waals surface area contributed by atoms with Gasteiger partial charge in [0.1, 0.15) is 0 Å². The molecule has 0 saturated carbocycles. The Morgan fingerprint density at radius 1 is 0.320 bits per heavy atom. The second-order valence-corrected chi connectivity index (χ2v) is 13.6. The zero-order chi connectivity index (χ0) is 32.8. The summed E-state index contributed by atoms with van der Waals surface area (Å²) in [6.45, 7) is 0. The van der Waals surface area contributed by atoms with Crippen molar-refractivity contribution in [2.45, 2.75) is 5.41 Å². The minimum atomic E-state index is -0.515. The third-order valence-electron chi connectivity index (χ3n) is 11.2. The number of para-hydroxylation sites is 2. The molecule has 0 aromatic heterocycles.